The summed E-state index contributed by atoms with van der Waals surface area (Å²) in [7, 11) is 0. The molecule has 1 amide bonds. The summed E-state index contributed by atoms with van der Waals surface area (Å²) in [5.74, 6) is 0.186. The molecular weight excluding hydrogens is 182 g/mol. The Morgan fingerprint density at radius 2 is 2.36 bits per heavy atom. The van der Waals surface area contributed by atoms with Crippen molar-refractivity contribution in [3.05, 3.63) is 0 Å². The lowest BCUT2D eigenvalue weighted by molar-refractivity contribution is -0.138. The van der Waals surface area contributed by atoms with Crippen LogP contribution in [0.3, 0.4) is 0 Å². The van der Waals surface area contributed by atoms with Crippen molar-refractivity contribution in [3.63, 3.8) is 0 Å². The molecular formula is C10H19NO3. The van der Waals surface area contributed by atoms with Gasteiger partial charge in [0.1, 0.15) is 6.61 Å². The zero-order valence-corrected chi connectivity index (χ0v) is 8.90. The van der Waals surface area contributed by atoms with E-state index in [2.05, 4.69) is 6.92 Å². The Kier molecular flexibility index (Phi) is 4.35. The number of amides is 1. The maximum atomic E-state index is 11.2. The Balaban J connectivity index is 2.42. The third-order valence-corrected chi connectivity index (χ3v) is 2.70. The van der Waals surface area contributed by atoms with E-state index < -0.39 is 0 Å². The summed E-state index contributed by atoms with van der Waals surface area (Å²) >= 11 is 0. The van der Waals surface area contributed by atoms with Crippen LogP contribution in [0.1, 0.15) is 20.3 Å². The first-order chi connectivity index (χ1) is 6.69. The van der Waals surface area contributed by atoms with Gasteiger partial charge in [-0.25, -0.2) is 0 Å². The Morgan fingerprint density at radius 1 is 1.64 bits per heavy atom. The van der Waals surface area contributed by atoms with E-state index >= 15 is 0 Å². The predicted octanol–water partition coefficient (Wildman–Crippen LogP) is 0.252. The summed E-state index contributed by atoms with van der Waals surface area (Å²) in [6.45, 7) is 5.81. The van der Waals surface area contributed by atoms with Crippen LogP contribution in [0.4, 0.5) is 0 Å². The van der Waals surface area contributed by atoms with Crippen LogP contribution in [0.15, 0.2) is 0 Å². The maximum absolute atomic E-state index is 11.2. The topological polar surface area (TPSA) is 49.8 Å². The number of hydrogen-bond donors (Lipinski definition) is 1. The number of carbonyl (C=O) groups excluding carboxylic acids is 1. The first-order valence-electron chi connectivity index (χ1n) is 5.19. The van der Waals surface area contributed by atoms with Gasteiger partial charge in [-0.05, 0) is 19.3 Å². The van der Waals surface area contributed by atoms with Gasteiger partial charge in [0, 0.05) is 19.7 Å². The first-order valence-corrected chi connectivity index (χ1v) is 5.19. The number of piperidine rings is 1. The van der Waals surface area contributed by atoms with Crippen molar-refractivity contribution < 1.29 is 14.6 Å². The summed E-state index contributed by atoms with van der Waals surface area (Å²) < 4.78 is 5.56. The molecule has 2 unspecified atom stereocenters. The number of ether oxygens (including phenoxy) is 1. The van der Waals surface area contributed by atoms with Crippen molar-refractivity contribution in [1.29, 1.82) is 0 Å². The van der Waals surface area contributed by atoms with Crippen molar-refractivity contribution >= 4 is 5.91 Å². The van der Waals surface area contributed by atoms with Gasteiger partial charge in [0.25, 0.3) is 0 Å². The fourth-order valence-electron chi connectivity index (χ4n) is 1.91. The second-order valence-corrected chi connectivity index (χ2v) is 3.76. The van der Waals surface area contributed by atoms with Crippen LogP contribution in [0.2, 0.25) is 0 Å². The molecule has 1 aliphatic rings. The van der Waals surface area contributed by atoms with E-state index in [1.54, 1.807) is 4.90 Å². The summed E-state index contributed by atoms with van der Waals surface area (Å²) in [6, 6.07) is 0. The van der Waals surface area contributed by atoms with Gasteiger partial charge in [0.2, 0.25) is 5.91 Å². The minimum atomic E-state index is -0.383. The van der Waals surface area contributed by atoms with Gasteiger partial charge in [0.15, 0.2) is 0 Å². The predicted molar refractivity (Wildman–Crippen MR) is 52.9 cm³/mol. The van der Waals surface area contributed by atoms with Gasteiger partial charge in [-0.3, -0.25) is 4.79 Å². The van der Waals surface area contributed by atoms with E-state index in [9.17, 15) is 4.79 Å². The standard InChI is InChI=1S/C10H19NO3/c1-3-14-9-4-5-11(6-8(9)2)10(13)7-12/h8-9,12H,3-7H2,1-2H3. The minimum absolute atomic E-state index is 0.174. The second kappa shape index (κ2) is 5.32. The molecule has 0 aromatic rings. The first kappa shape index (κ1) is 11.5. The average Bonchev–Trinajstić information content (AvgIpc) is 2.20. The highest BCUT2D eigenvalue weighted by atomic mass is 16.5. The molecule has 0 aromatic carbocycles. The number of nitrogens with zero attached hydrogens (tertiary/aromatic N) is 1. The summed E-state index contributed by atoms with van der Waals surface area (Å²) in [5.41, 5.74) is 0. The zero-order valence-electron chi connectivity index (χ0n) is 8.90. The van der Waals surface area contributed by atoms with Crippen molar-refractivity contribution in [2.45, 2.75) is 26.4 Å². The van der Waals surface area contributed by atoms with Crippen LogP contribution in [0.25, 0.3) is 0 Å². The molecule has 4 heteroatoms. The molecule has 0 bridgehead atoms. The molecule has 0 aliphatic carbocycles. The summed E-state index contributed by atoms with van der Waals surface area (Å²) in [6.07, 6.45) is 1.14. The number of hydrogen-bond acceptors (Lipinski definition) is 3. The molecule has 4 nitrogen and oxygen atoms in total. The number of likely N-dealkylation sites (tertiary alicyclic amines) is 1. The average molecular weight is 201 g/mol. The van der Waals surface area contributed by atoms with Crippen molar-refractivity contribution in [3.8, 4) is 0 Å². The normalized spacial score (nSPS) is 27.8. The smallest absolute Gasteiger partial charge is 0.248 e. The Hall–Kier alpha value is -0.610. The minimum Gasteiger partial charge on any atom is -0.387 e. The van der Waals surface area contributed by atoms with Crippen LogP contribution in [-0.2, 0) is 9.53 Å². The number of rotatable bonds is 3. The van der Waals surface area contributed by atoms with Gasteiger partial charge in [-0.1, -0.05) is 6.92 Å². The fourth-order valence-corrected chi connectivity index (χ4v) is 1.91. The molecule has 0 aromatic heterocycles. The van der Waals surface area contributed by atoms with Crippen molar-refractivity contribution in [2.75, 3.05) is 26.3 Å². The SMILES string of the molecule is CCOC1CCN(C(=O)CO)CC1C. The van der Waals surface area contributed by atoms with Crippen LogP contribution in [0.5, 0.6) is 0 Å². The molecule has 1 N–H and O–H groups in total. The van der Waals surface area contributed by atoms with Crippen LogP contribution >= 0.6 is 0 Å². The summed E-state index contributed by atoms with van der Waals surface area (Å²) in [4.78, 5) is 12.9. The van der Waals surface area contributed by atoms with Gasteiger partial charge in [-0.2, -0.15) is 0 Å². The molecule has 0 radical (unpaired) electrons. The van der Waals surface area contributed by atoms with E-state index in [1.165, 1.54) is 0 Å². The fraction of sp³-hybridized carbons (Fsp3) is 0.900. The molecule has 1 heterocycles. The van der Waals surface area contributed by atoms with E-state index in [0.717, 1.165) is 13.0 Å². The number of aliphatic hydroxyl groups is 1. The highest BCUT2D eigenvalue weighted by Crippen LogP contribution is 2.19. The van der Waals surface area contributed by atoms with Gasteiger partial charge in [0.05, 0.1) is 6.10 Å². The molecule has 1 fully saturated rings. The second-order valence-electron chi connectivity index (χ2n) is 3.76. The quantitative estimate of drug-likeness (QED) is 0.712. The molecule has 1 saturated heterocycles. The maximum Gasteiger partial charge on any atom is 0.248 e. The van der Waals surface area contributed by atoms with E-state index in [4.69, 9.17) is 9.84 Å². The lowest BCUT2D eigenvalue weighted by Crippen LogP contribution is -2.46. The Bertz CT molecular complexity index is 196. The van der Waals surface area contributed by atoms with Crippen LogP contribution < -0.4 is 0 Å². The molecule has 1 rings (SSSR count). The van der Waals surface area contributed by atoms with Gasteiger partial charge < -0.3 is 14.7 Å². The lowest BCUT2D eigenvalue weighted by atomic mass is 9.96. The van der Waals surface area contributed by atoms with Gasteiger partial charge in [-0.15, -0.1) is 0 Å². The number of carbonyl (C=O) groups is 1. The lowest BCUT2D eigenvalue weighted by Gasteiger charge is -2.36. The van der Waals surface area contributed by atoms with E-state index in [1.807, 2.05) is 6.92 Å². The van der Waals surface area contributed by atoms with Gasteiger partial charge >= 0.3 is 0 Å². The van der Waals surface area contributed by atoms with E-state index in [-0.39, 0.29) is 18.6 Å². The Morgan fingerprint density at radius 3 is 2.86 bits per heavy atom. The molecule has 0 saturated carbocycles. The molecule has 1 aliphatic heterocycles. The molecule has 2 atom stereocenters. The Labute approximate surface area is 84.8 Å². The molecule has 0 spiro atoms. The third kappa shape index (κ3) is 2.69. The molecule has 82 valence electrons. The molecule has 14 heavy (non-hydrogen) atoms. The number of aliphatic hydroxyl groups excluding tert-OH is 1. The highest BCUT2D eigenvalue weighted by Gasteiger charge is 2.28. The monoisotopic (exact) mass is 201 g/mol. The zero-order chi connectivity index (χ0) is 10.6. The van der Waals surface area contributed by atoms with Crippen molar-refractivity contribution in [2.24, 2.45) is 5.92 Å². The highest BCUT2D eigenvalue weighted by molar-refractivity contribution is 5.77. The summed E-state index contributed by atoms with van der Waals surface area (Å²) in [5, 5.41) is 8.72. The van der Waals surface area contributed by atoms with Crippen LogP contribution in [0, 0.1) is 5.92 Å². The van der Waals surface area contributed by atoms with Crippen molar-refractivity contribution in [1.82, 2.24) is 4.90 Å². The van der Waals surface area contributed by atoms with E-state index in [0.29, 0.717) is 19.0 Å². The third-order valence-electron chi connectivity index (χ3n) is 2.70. The largest absolute Gasteiger partial charge is 0.387 e. The van der Waals surface area contributed by atoms with Crippen LogP contribution in [-0.4, -0.2) is 48.3 Å².